The number of carbonyl (C=O) groups excluding carboxylic acids is 3. The summed E-state index contributed by atoms with van der Waals surface area (Å²) in [7, 11) is 1.52. The molecule has 0 saturated carbocycles. The van der Waals surface area contributed by atoms with E-state index in [9.17, 15) is 19.5 Å². The number of H-pyrrole nitrogens is 1. The average Bonchev–Trinajstić information content (AvgIpc) is 3.67. The minimum absolute atomic E-state index is 0.0830. The molecule has 0 radical (unpaired) electrons. The molecule has 3 amide bonds. The third-order valence-electron chi connectivity index (χ3n) is 9.38. The van der Waals surface area contributed by atoms with E-state index in [0.29, 0.717) is 66.5 Å². The minimum Gasteiger partial charge on any atom is -0.507 e. The number of rotatable bonds is 10. The number of fused-ring (bicyclic) bond motifs is 4. The maximum absolute atomic E-state index is 13.9. The Morgan fingerprint density at radius 3 is 2.58 bits per heavy atom. The number of benzene rings is 3. The van der Waals surface area contributed by atoms with Crippen LogP contribution >= 0.6 is 11.6 Å². The Morgan fingerprint density at radius 1 is 1.13 bits per heavy atom. The van der Waals surface area contributed by atoms with Crippen LogP contribution in [-0.2, 0) is 9.59 Å². The number of anilines is 1. The lowest BCUT2D eigenvalue weighted by atomic mass is 9.75. The van der Waals surface area contributed by atoms with Gasteiger partial charge in [-0.3, -0.25) is 19.3 Å². The number of halogens is 1. The number of phenols is 1. The van der Waals surface area contributed by atoms with E-state index in [1.165, 1.54) is 12.0 Å². The maximum atomic E-state index is 13.9. The lowest BCUT2D eigenvalue weighted by Crippen LogP contribution is -2.49. The molecule has 10 nitrogen and oxygen atoms in total. The molecule has 1 saturated heterocycles. The number of aromatic amines is 1. The Balaban J connectivity index is 1.22. The van der Waals surface area contributed by atoms with Crippen LogP contribution in [0.1, 0.15) is 48.2 Å². The van der Waals surface area contributed by atoms with E-state index in [4.69, 9.17) is 21.1 Å². The molecule has 0 spiro atoms. The lowest BCUT2D eigenvalue weighted by molar-refractivity contribution is -0.148. The summed E-state index contributed by atoms with van der Waals surface area (Å²) in [4.78, 5) is 45.2. The number of piperidine rings is 1. The van der Waals surface area contributed by atoms with Gasteiger partial charge in [-0.2, -0.15) is 0 Å². The fourth-order valence-corrected chi connectivity index (χ4v) is 7.05. The van der Waals surface area contributed by atoms with Gasteiger partial charge in [0.25, 0.3) is 5.91 Å². The zero-order valence-corrected chi connectivity index (χ0v) is 26.2. The second kappa shape index (κ2) is 12.6. The van der Waals surface area contributed by atoms with E-state index in [1.807, 2.05) is 31.2 Å². The first-order chi connectivity index (χ1) is 21.8. The van der Waals surface area contributed by atoms with E-state index in [0.717, 1.165) is 34.8 Å². The molecular weight excluding hydrogens is 596 g/mol. The Bertz CT molecular complexity index is 1760. The zero-order valence-electron chi connectivity index (χ0n) is 25.4. The van der Waals surface area contributed by atoms with E-state index in [1.54, 1.807) is 29.2 Å². The van der Waals surface area contributed by atoms with Gasteiger partial charge in [-0.1, -0.05) is 31.2 Å². The fourth-order valence-electron chi connectivity index (χ4n) is 6.80. The maximum Gasteiger partial charge on any atom is 0.274 e. The van der Waals surface area contributed by atoms with E-state index >= 15 is 0 Å². The quantitative estimate of drug-likeness (QED) is 0.163. The number of amides is 3. The van der Waals surface area contributed by atoms with Gasteiger partial charge in [0, 0.05) is 46.8 Å². The molecule has 4 aromatic rings. The van der Waals surface area contributed by atoms with Gasteiger partial charge in [0.1, 0.15) is 18.1 Å². The van der Waals surface area contributed by atoms with Crippen LogP contribution in [0.25, 0.3) is 21.7 Å². The van der Waals surface area contributed by atoms with E-state index in [2.05, 4.69) is 10.3 Å². The molecule has 1 fully saturated rings. The standard InChI is InChI=1S/C34H37ClN4O6/c1-3-34(8-10-36-11-9-34)33(43)38(20-40)12-13-45-30-15-21-14-26(37-25(21)16-29(30)44-2)32(42)39-19-22(18-35)31-24-7-5-4-6-23(24)28(41)17-27(31)39/h4-7,14-17,20,22,36-37,41H,3,8-13,18-19H2,1-2H3/t22-/m1/s1. The van der Waals surface area contributed by atoms with Crippen molar-refractivity contribution < 1.29 is 29.0 Å². The molecule has 11 heteroatoms. The molecular formula is C34H37ClN4O6. The Hall–Kier alpha value is -4.28. The third kappa shape index (κ3) is 5.46. The largest absolute Gasteiger partial charge is 0.507 e. The topological polar surface area (TPSA) is 124 Å². The number of alkyl halides is 1. The van der Waals surface area contributed by atoms with Crippen molar-refractivity contribution in [2.75, 3.05) is 50.7 Å². The number of aromatic nitrogens is 1. The number of imide groups is 1. The van der Waals surface area contributed by atoms with Gasteiger partial charge in [0.05, 0.1) is 24.8 Å². The van der Waals surface area contributed by atoms with Crippen molar-refractivity contribution in [3.8, 4) is 17.2 Å². The van der Waals surface area contributed by atoms with Crippen molar-refractivity contribution in [2.24, 2.45) is 5.41 Å². The van der Waals surface area contributed by atoms with Crippen molar-refractivity contribution in [3.63, 3.8) is 0 Å². The van der Waals surface area contributed by atoms with Crippen LogP contribution in [0.4, 0.5) is 5.69 Å². The smallest absolute Gasteiger partial charge is 0.274 e. The van der Waals surface area contributed by atoms with Crippen LogP contribution in [0.3, 0.4) is 0 Å². The van der Waals surface area contributed by atoms with Gasteiger partial charge in [0.15, 0.2) is 11.5 Å². The number of methoxy groups -OCH3 is 1. The molecule has 3 heterocycles. The predicted molar refractivity (Wildman–Crippen MR) is 174 cm³/mol. The third-order valence-corrected chi connectivity index (χ3v) is 9.75. The number of ether oxygens (including phenoxy) is 2. The zero-order chi connectivity index (χ0) is 31.7. The van der Waals surface area contributed by atoms with Gasteiger partial charge in [0.2, 0.25) is 12.3 Å². The summed E-state index contributed by atoms with van der Waals surface area (Å²) < 4.78 is 11.6. The van der Waals surface area contributed by atoms with Crippen molar-refractivity contribution in [1.82, 2.24) is 15.2 Å². The van der Waals surface area contributed by atoms with E-state index in [-0.39, 0.29) is 36.6 Å². The highest BCUT2D eigenvalue weighted by Gasteiger charge is 2.40. The van der Waals surface area contributed by atoms with Crippen LogP contribution in [0.2, 0.25) is 0 Å². The first-order valence-corrected chi connectivity index (χ1v) is 15.8. The highest BCUT2D eigenvalue weighted by atomic mass is 35.5. The number of nitrogens with one attached hydrogen (secondary N) is 2. The molecule has 2 aliphatic heterocycles. The SMILES string of the molecule is CCC1(C(=O)N(C=O)CCOc2cc3cc(C(=O)N4C[C@@H](CCl)c5c4cc(O)c4ccccc54)[nH]c3cc2OC)CCNCC1. The first-order valence-electron chi connectivity index (χ1n) is 15.3. The molecule has 2 aliphatic rings. The molecule has 0 bridgehead atoms. The Morgan fingerprint density at radius 2 is 1.89 bits per heavy atom. The number of nitrogens with zero attached hydrogens (tertiary/aromatic N) is 2. The average molecular weight is 633 g/mol. The number of hydrogen-bond acceptors (Lipinski definition) is 7. The number of phenolic OH excluding ortho intramolecular Hbond substituents is 1. The summed E-state index contributed by atoms with van der Waals surface area (Å²) in [5, 5.41) is 16.4. The summed E-state index contributed by atoms with van der Waals surface area (Å²) in [5.74, 6) is 0.817. The highest BCUT2D eigenvalue weighted by molar-refractivity contribution is 6.19. The normalized spacial score (nSPS) is 17.3. The monoisotopic (exact) mass is 632 g/mol. The van der Waals surface area contributed by atoms with Crippen LogP contribution in [0.5, 0.6) is 17.2 Å². The number of aromatic hydroxyl groups is 1. The summed E-state index contributed by atoms with van der Waals surface area (Å²) >= 11 is 6.37. The van der Waals surface area contributed by atoms with Gasteiger partial charge in [-0.25, -0.2) is 0 Å². The van der Waals surface area contributed by atoms with Crippen LogP contribution in [-0.4, -0.2) is 79.0 Å². The molecule has 236 valence electrons. The second-order valence-electron chi connectivity index (χ2n) is 11.8. The summed E-state index contributed by atoms with van der Waals surface area (Å²) in [6, 6.07) is 14.5. The van der Waals surface area contributed by atoms with Crippen molar-refractivity contribution in [3.05, 3.63) is 59.8 Å². The number of carbonyl (C=O) groups is 3. The Labute approximate surface area is 266 Å². The molecule has 45 heavy (non-hydrogen) atoms. The summed E-state index contributed by atoms with van der Waals surface area (Å²) in [6.45, 7) is 4.06. The molecule has 1 aromatic heterocycles. The molecule has 3 N–H and O–H groups in total. The number of hydrogen-bond donors (Lipinski definition) is 3. The van der Waals surface area contributed by atoms with Gasteiger partial charge >= 0.3 is 0 Å². The van der Waals surface area contributed by atoms with Crippen LogP contribution in [0, 0.1) is 5.41 Å². The minimum atomic E-state index is -0.539. The van der Waals surface area contributed by atoms with Gasteiger partial charge in [-0.05, 0) is 55.4 Å². The summed E-state index contributed by atoms with van der Waals surface area (Å²) in [6.07, 6.45) is 2.65. The first kappa shape index (κ1) is 30.7. The van der Waals surface area contributed by atoms with E-state index < -0.39 is 5.41 Å². The molecule has 1 atom stereocenters. The Kier molecular flexibility index (Phi) is 8.61. The molecule has 0 aliphatic carbocycles. The second-order valence-corrected chi connectivity index (χ2v) is 12.1. The van der Waals surface area contributed by atoms with Gasteiger partial charge in [-0.15, -0.1) is 11.6 Å². The molecule has 6 rings (SSSR count). The van der Waals surface area contributed by atoms with Gasteiger partial charge < -0.3 is 29.8 Å². The van der Waals surface area contributed by atoms with Crippen molar-refractivity contribution in [2.45, 2.75) is 32.1 Å². The lowest BCUT2D eigenvalue weighted by Gasteiger charge is -2.37. The van der Waals surface area contributed by atoms with Crippen LogP contribution in [0.15, 0.2) is 48.5 Å². The summed E-state index contributed by atoms with van der Waals surface area (Å²) in [5.41, 5.74) is 2.10. The fraction of sp³-hybridized carbons (Fsp3) is 0.382. The molecule has 3 aromatic carbocycles. The predicted octanol–water partition coefficient (Wildman–Crippen LogP) is 5.16. The highest BCUT2D eigenvalue weighted by Crippen LogP contribution is 2.46. The molecule has 0 unspecified atom stereocenters. The van der Waals surface area contributed by atoms with Crippen LogP contribution < -0.4 is 19.7 Å². The van der Waals surface area contributed by atoms with Crippen molar-refractivity contribution in [1.29, 1.82) is 0 Å². The van der Waals surface area contributed by atoms with Crippen molar-refractivity contribution >= 4 is 57.2 Å².